The smallest absolute Gasteiger partial charge is 0.246 e. The molecular formula is C14H20N2O2. The molecule has 2 rings (SSSR count). The van der Waals surface area contributed by atoms with Crippen molar-refractivity contribution in [1.82, 2.24) is 10.2 Å². The van der Waals surface area contributed by atoms with Gasteiger partial charge in [-0.15, -0.1) is 0 Å². The van der Waals surface area contributed by atoms with E-state index in [1.165, 1.54) is 0 Å². The Kier molecular flexibility index (Phi) is 4.20. The molecule has 0 aliphatic carbocycles. The molecule has 0 aromatic carbocycles. The van der Waals surface area contributed by atoms with Gasteiger partial charge in [-0.1, -0.05) is 0 Å². The summed E-state index contributed by atoms with van der Waals surface area (Å²) in [6.45, 7) is 3.61. The van der Waals surface area contributed by atoms with Crippen molar-refractivity contribution in [2.45, 2.75) is 25.8 Å². The molecule has 4 heteroatoms. The number of hydrogen-bond acceptors (Lipinski definition) is 3. The molecule has 18 heavy (non-hydrogen) atoms. The van der Waals surface area contributed by atoms with Crippen LogP contribution in [0.15, 0.2) is 22.6 Å². The highest BCUT2D eigenvalue weighted by Gasteiger charge is 2.26. The minimum atomic E-state index is 0.0711. The van der Waals surface area contributed by atoms with Gasteiger partial charge in [0, 0.05) is 25.2 Å². The molecule has 1 amide bonds. The third-order valence-corrected chi connectivity index (χ3v) is 3.25. The lowest BCUT2D eigenvalue weighted by molar-refractivity contribution is -0.126. The number of carbonyl (C=O) groups excluding carboxylic acids is 1. The molecule has 1 saturated heterocycles. The van der Waals surface area contributed by atoms with Gasteiger partial charge in [0.2, 0.25) is 5.91 Å². The Bertz CT molecular complexity index is 437. The maximum Gasteiger partial charge on any atom is 0.246 e. The molecule has 0 radical (unpaired) electrons. The van der Waals surface area contributed by atoms with Crippen molar-refractivity contribution in [3.05, 3.63) is 29.7 Å². The molecule has 2 heterocycles. The molecule has 0 saturated carbocycles. The van der Waals surface area contributed by atoms with Crippen LogP contribution >= 0.6 is 0 Å². The van der Waals surface area contributed by atoms with E-state index in [4.69, 9.17) is 4.42 Å². The summed E-state index contributed by atoms with van der Waals surface area (Å²) >= 11 is 0. The normalized spacial score (nSPS) is 19.9. The molecule has 98 valence electrons. The summed E-state index contributed by atoms with van der Waals surface area (Å²) < 4.78 is 5.40. The topological polar surface area (TPSA) is 45.5 Å². The van der Waals surface area contributed by atoms with E-state index < -0.39 is 0 Å². The van der Waals surface area contributed by atoms with Crippen LogP contribution in [0.25, 0.3) is 6.08 Å². The van der Waals surface area contributed by atoms with Crippen molar-refractivity contribution in [3.63, 3.8) is 0 Å². The number of rotatable bonds is 4. The summed E-state index contributed by atoms with van der Waals surface area (Å²) in [4.78, 5) is 14.0. The van der Waals surface area contributed by atoms with Crippen LogP contribution in [0.2, 0.25) is 0 Å². The summed E-state index contributed by atoms with van der Waals surface area (Å²) in [5.74, 6) is 1.66. The van der Waals surface area contributed by atoms with Crippen molar-refractivity contribution in [1.29, 1.82) is 0 Å². The monoisotopic (exact) mass is 248 g/mol. The van der Waals surface area contributed by atoms with Gasteiger partial charge in [-0.25, -0.2) is 0 Å². The fourth-order valence-corrected chi connectivity index (χ4v) is 2.37. The lowest BCUT2D eigenvalue weighted by Crippen LogP contribution is -2.39. The minimum Gasteiger partial charge on any atom is -0.462 e. The van der Waals surface area contributed by atoms with E-state index in [1.807, 2.05) is 31.0 Å². The number of carbonyl (C=O) groups is 1. The Morgan fingerprint density at radius 2 is 2.44 bits per heavy atom. The predicted molar refractivity (Wildman–Crippen MR) is 71.1 cm³/mol. The highest BCUT2D eigenvalue weighted by molar-refractivity contribution is 5.91. The quantitative estimate of drug-likeness (QED) is 0.827. The van der Waals surface area contributed by atoms with Crippen LogP contribution in [0.5, 0.6) is 0 Å². The molecule has 1 aliphatic heterocycles. The van der Waals surface area contributed by atoms with Crippen molar-refractivity contribution >= 4 is 12.0 Å². The lowest BCUT2D eigenvalue weighted by Gasteiger charge is -2.22. The largest absolute Gasteiger partial charge is 0.462 e. The van der Waals surface area contributed by atoms with Gasteiger partial charge >= 0.3 is 0 Å². The van der Waals surface area contributed by atoms with Crippen LogP contribution in [-0.2, 0) is 4.79 Å². The van der Waals surface area contributed by atoms with Crippen LogP contribution < -0.4 is 5.32 Å². The van der Waals surface area contributed by atoms with Crippen LogP contribution in [0.4, 0.5) is 0 Å². The molecular weight excluding hydrogens is 228 g/mol. The van der Waals surface area contributed by atoms with Crippen LogP contribution in [0, 0.1) is 6.92 Å². The first-order valence-corrected chi connectivity index (χ1v) is 6.40. The molecule has 1 aliphatic rings. The molecule has 1 aromatic rings. The van der Waals surface area contributed by atoms with E-state index in [0.29, 0.717) is 6.04 Å². The number of hydrogen-bond donors (Lipinski definition) is 1. The van der Waals surface area contributed by atoms with Crippen LogP contribution in [-0.4, -0.2) is 37.0 Å². The van der Waals surface area contributed by atoms with Crippen molar-refractivity contribution in [3.8, 4) is 0 Å². The summed E-state index contributed by atoms with van der Waals surface area (Å²) in [5.41, 5.74) is 0. The third kappa shape index (κ3) is 3.01. The second-order valence-corrected chi connectivity index (χ2v) is 4.67. The highest BCUT2D eigenvalue weighted by atomic mass is 16.3. The maximum atomic E-state index is 12.1. The molecule has 1 fully saturated rings. The predicted octanol–water partition coefficient (Wildman–Crippen LogP) is 1.81. The minimum absolute atomic E-state index is 0.0711. The van der Waals surface area contributed by atoms with Gasteiger partial charge in [-0.05, 0) is 45.0 Å². The fraction of sp³-hybridized carbons (Fsp3) is 0.500. The van der Waals surface area contributed by atoms with Gasteiger partial charge in [-0.2, -0.15) is 0 Å². The Morgan fingerprint density at radius 1 is 1.61 bits per heavy atom. The van der Waals surface area contributed by atoms with Gasteiger partial charge in [0.25, 0.3) is 0 Å². The van der Waals surface area contributed by atoms with E-state index in [2.05, 4.69) is 5.32 Å². The Hall–Kier alpha value is -1.55. The van der Waals surface area contributed by atoms with E-state index >= 15 is 0 Å². The average molecular weight is 248 g/mol. The Morgan fingerprint density at radius 3 is 3.11 bits per heavy atom. The summed E-state index contributed by atoms with van der Waals surface area (Å²) in [6.07, 6.45) is 5.52. The number of nitrogens with zero attached hydrogens (tertiary/aromatic N) is 1. The molecule has 1 aromatic heterocycles. The molecule has 4 nitrogen and oxygen atoms in total. The maximum absolute atomic E-state index is 12.1. The van der Waals surface area contributed by atoms with Crippen molar-refractivity contribution in [2.75, 3.05) is 20.1 Å². The first kappa shape index (κ1) is 12.9. The zero-order valence-corrected chi connectivity index (χ0v) is 11.0. The first-order valence-electron chi connectivity index (χ1n) is 6.40. The standard InChI is InChI=1S/C14H20N2O2/c1-11-5-6-13(18-11)7-8-14(17)16-9-3-4-12(16)10-15-2/h5-8,12,15H,3-4,9-10H2,1-2H3/b8-7+. The van der Waals surface area contributed by atoms with E-state index in [9.17, 15) is 4.79 Å². The second-order valence-electron chi connectivity index (χ2n) is 4.67. The van der Waals surface area contributed by atoms with Crippen LogP contribution in [0.1, 0.15) is 24.4 Å². The summed E-state index contributed by atoms with van der Waals surface area (Å²) in [6, 6.07) is 4.09. The second kappa shape index (κ2) is 5.87. The molecule has 0 bridgehead atoms. The zero-order valence-electron chi connectivity index (χ0n) is 11.0. The van der Waals surface area contributed by atoms with Crippen LogP contribution in [0.3, 0.4) is 0 Å². The Labute approximate surface area is 108 Å². The highest BCUT2D eigenvalue weighted by Crippen LogP contribution is 2.17. The van der Waals surface area contributed by atoms with E-state index in [-0.39, 0.29) is 5.91 Å². The summed E-state index contributed by atoms with van der Waals surface area (Å²) in [5, 5.41) is 3.14. The number of amides is 1. The van der Waals surface area contributed by atoms with E-state index in [0.717, 1.165) is 37.5 Å². The van der Waals surface area contributed by atoms with Gasteiger partial charge in [0.1, 0.15) is 11.5 Å². The SMILES string of the molecule is CNCC1CCCN1C(=O)/C=C/c1ccc(C)o1. The Balaban J connectivity index is 1.96. The number of likely N-dealkylation sites (N-methyl/N-ethyl adjacent to an activating group) is 1. The number of furan rings is 1. The van der Waals surface area contributed by atoms with Gasteiger partial charge in [-0.3, -0.25) is 4.79 Å². The molecule has 0 spiro atoms. The van der Waals surface area contributed by atoms with Gasteiger partial charge in [0.05, 0.1) is 0 Å². The van der Waals surface area contributed by atoms with Crippen molar-refractivity contribution in [2.24, 2.45) is 0 Å². The fourth-order valence-electron chi connectivity index (χ4n) is 2.37. The van der Waals surface area contributed by atoms with E-state index in [1.54, 1.807) is 12.2 Å². The van der Waals surface area contributed by atoms with Gasteiger partial charge < -0.3 is 14.6 Å². The average Bonchev–Trinajstić information content (AvgIpc) is 2.96. The molecule has 1 unspecified atom stereocenters. The zero-order chi connectivity index (χ0) is 13.0. The number of nitrogens with one attached hydrogen (secondary N) is 1. The first-order chi connectivity index (χ1) is 8.70. The molecule has 1 N–H and O–H groups in total. The third-order valence-electron chi connectivity index (χ3n) is 3.25. The van der Waals surface area contributed by atoms with Crippen molar-refractivity contribution < 1.29 is 9.21 Å². The lowest BCUT2D eigenvalue weighted by atomic mass is 10.2. The number of likely N-dealkylation sites (tertiary alicyclic amines) is 1. The van der Waals surface area contributed by atoms with Gasteiger partial charge in [0.15, 0.2) is 0 Å². The molecule has 1 atom stereocenters. The summed E-state index contributed by atoms with van der Waals surface area (Å²) in [7, 11) is 1.92. The number of aryl methyl sites for hydroxylation is 1.